The van der Waals surface area contributed by atoms with Gasteiger partial charge in [-0.3, -0.25) is 14.5 Å². The first-order valence-electron chi connectivity index (χ1n) is 7.63. The van der Waals surface area contributed by atoms with Crippen molar-refractivity contribution in [1.82, 2.24) is 10.2 Å². The standard InChI is InChI=1S/C16H21Cl2N3O2/c1-10(13-3-2-12(17)8-14(13)18)20-15(22)9-21-6-4-11(5-7-21)16(19)23/h2-3,8,10-11H,4-7,9H2,1H3,(H2,19,23)(H,20,22). The van der Waals surface area contributed by atoms with Gasteiger partial charge >= 0.3 is 0 Å². The summed E-state index contributed by atoms with van der Waals surface area (Å²) in [6, 6.07) is 5.03. The first kappa shape index (κ1) is 18.0. The Morgan fingerprint density at radius 2 is 2.00 bits per heavy atom. The lowest BCUT2D eigenvalue weighted by atomic mass is 9.96. The average molecular weight is 358 g/mol. The maximum absolute atomic E-state index is 12.2. The molecular weight excluding hydrogens is 337 g/mol. The summed E-state index contributed by atoms with van der Waals surface area (Å²) >= 11 is 12.0. The largest absolute Gasteiger partial charge is 0.369 e. The average Bonchev–Trinajstić information content (AvgIpc) is 2.47. The zero-order valence-electron chi connectivity index (χ0n) is 13.0. The molecule has 0 aromatic heterocycles. The highest BCUT2D eigenvalue weighted by molar-refractivity contribution is 6.35. The molecule has 0 aliphatic carbocycles. The molecule has 0 bridgehead atoms. The molecule has 0 saturated carbocycles. The van der Waals surface area contributed by atoms with Crippen LogP contribution in [0, 0.1) is 5.92 Å². The van der Waals surface area contributed by atoms with Crippen molar-refractivity contribution < 1.29 is 9.59 Å². The van der Waals surface area contributed by atoms with Crippen LogP contribution >= 0.6 is 23.2 Å². The molecular formula is C16H21Cl2N3O2. The topological polar surface area (TPSA) is 75.4 Å². The molecule has 1 fully saturated rings. The molecule has 1 aliphatic rings. The Labute approximate surface area is 146 Å². The van der Waals surface area contributed by atoms with Gasteiger partial charge in [-0.05, 0) is 50.6 Å². The highest BCUT2D eigenvalue weighted by atomic mass is 35.5. The lowest BCUT2D eigenvalue weighted by molar-refractivity contribution is -0.124. The van der Waals surface area contributed by atoms with Crippen molar-refractivity contribution in [1.29, 1.82) is 0 Å². The van der Waals surface area contributed by atoms with E-state index in [-0.39, 0.29) is 23.8 Å². The third-order valence-electron chi connectivity index (χ3n) is 4.16. The van der Waals surface area contributed by atoms with Crippen molar-refractivity contribution in [2.45, 2.75) is 25.8 Å². The molecule has 1 saturated heterocycles. The van der Waals surface area contributed by atoms with Crippen LogP contribution < -0.4 is 11.1 Å². The summed E-state index contributed by atoms with van der Waals surface area (Å²) in [6.07, 6.45) is 1.42. The number of nitrogens with zero attached hydrogens (tertiary/aromatic N) is 1. The monoisotopic (exact) mass is 357 g/mol. The second-order valence-electron chi connectivity index (χ2n) is 5.91. The van der Waals surface area contributed by atoms with Crippen LogP contribution in [-0.4, -0.2) is 36.3 Å². The molecule has 1 aliphatic heterocycles. The van der Waals surface area contributed by atoms with Crippen LogP contribution in [0.4, 0.5) is 0 Å². The van der Waals surface area contributed by atoms with E-state index < -0.39 is 0 Å². The Kier molecular flexibility index (Phi) is 6.27. The molecule has 1 aromatic rings. The quantitative estimate of drug-likeness (QED) is 0.849. The van der Waals surface area contributed by atoms with Gasteiger partial charge in [-0.1, -0.05) is 29.3 Å². The molecule has 7 heteroatoms. The van der Waals surface area contributed by atoms with E-state index in [2.05, 4.69) is 5.32 Å². The van der Waals surface area contributed by atoms with E-state index in [1.54, 1.807) is 12.1 Å². The van der Waals surface area contributed by atoms with Crippen LogP contribution in [0.15, 0.2) is 18.2 Å². The number of hydrogen-bond acceptors (Lipinski definition) is 3. The Balaban J connectivity index is 1.84. The second-order valence-corrected chi connectivity index (χ2v) is 6.75. The molecule has 1 unspecified atom stereocenters. The van der Waals surface area contributed by atoms with Crippen LogP contribution in [0.3, 0.4) is 0 Å². The third kappa shape index (κ3) is 5.09. The summed E-state index contributed by atoms with van der Waals surface area (Å²) in [5, 5.41) is 4.04. The minimum absolute atomic E-state index is 0.0684. The predicted molar refractivity (Wildman–Crippen MR) is 91.4 cm³/mol. The summed E-state index contributed by atoms with van der Waals surface area (Å²) in [6.45, 7) is 3.60. The molecule has 2 rings (SSSR count). The normalized spacial score (nSPS) is 17.7. The number of primary amides is 1. The van der Waals surface area contributed by atoms with E-state index in [0.717, 1.165) is 5.56 Å². The van der Waals surface area contributed by atoms with Crippen molar-refractivity contribution in [3.8, 4) is 0 Å². The highest BCUT2D eigenvalue weighted by Crippen LogP contribution is 2.26. The van der Waals surface area contributed by atoms with Gasteiger partial charge < -0.3 is 11.1 Å². The maximum atomic E-state index is 12.2. The fourth-order valence-corrected chi connectivity index (χ4v) is 3.37. The van der Waals surface area contributed by atoms with Crippen molar-refractivity contribution in [3.63, 3.8) is 0 Å². The SMILES string of the molecule is CC(NC(=O)CN1CCC(C(N)=O)CC1)c1ccc(Cl)cc1Cl. The zero-order valence-corrected chi connectivity index (χ0v) is 14.5. The molecule has 1 aromatic carbocycles. The molecule has 23 heavy (non-hydrogen) atoms. The summed E-state index contributed by atoms with van der Waals surface area (Å²) in [5.74, 6) is -0.387. The molecule has 0 spiro atoms. The van der Waals surface area contributed by atoms with Crippen LogP contribution in [0.1, 0.15) is 31.4 Å². The highest BCUT2D eigenvalue weighted by Gasteiger charge is 2.24. The number of amides is 2. The van der Waals surface area contributed by atoms with E-state index in [4.69, 9.17) is 28.9 Å². The van der Waals surface area contributed by atoms with E-state index in [1.807, 2.05) is 17.9 Å². The summed E-state index contributed by atoms with van der Waals surface area (Å²) in [5.41, 5.74) is 6.14. The van der Waals surface area contributed by atoms with Gasteiger partial charge in [0.15, 0.2) is 0 Å². The van der Waals surface area contributed by atoms with Crippen LogP contribution in [0.25, 0.3) is 0 Å². The smallest absolute Gasteiger partial charge is 0.234 e. The molecule has 1 heterocycles. The Bertz CT molecular complexity index is 587. The van der Waals surface area contributed by atoms with Gasteiger partial charge in [0.05, 0.1) is 12.6 Å². The molecule has 0 radical (unpaired) electrons. The number of piperidine rings is 1. The van der Waals surface area contributed by atoms with Gasteiger partial charge in [-0.25, -0.2) is 0 Å². The van der Waals surface area contributed by atoms with Crippen molar-refractivity contribution in [2.24, 2.45) is 11.7 Å². The Morgan fingerprint density at radius 1 is 1.35 bits per heavy atom. The first-order valence-corrected chi connectivity index (χ1v) is 8.38. The second kappa shape index (κ2) is 7.99. The lowest BCUT2D eigenvalue weighted by Gasteiger charge is -2.30. The zero-order chi connectivity index (χ0) is 17.0. The van der Waals surface area contributed by atoms with Gasteiger partial charge in [0.25, 0.3) is 0 Å². The first-order chi connectivity index (χ1) is 10.9. The molecule has 3 N–H and O–H groups in total. The van der Waals surface area contributed by atoms with Crippen LogP contribution in [0.5, 0.6) is 0 Å². The van der Waals surface area contributed by atoms with E-state index in [9.17, 15) is 9.59 Å². The minimum atomic E-state index is -0.250. The number of benzene rings is 1. The minimum Gasteiger partial charge on any atom is -0.369 e. The Morgan fingerprint density at radius 3 is 2.57 bits per heavy atom. The Hall–Kier alpha value is -1.30. The van der Waals surface area contributed by atoms with Gasteiger partial charge in [0.2, 0.25) is 11.8 Å². The number of rotatable bonds is 5. The summed E-state index contributed by atoms with van der Waals surface area (Å²) in [4.78, 5) is 25.4. The molecule has 1 atom stereocenters. The predicted octanol–water partition coefficient (Wildman–Crippen LogP) is 2.37. The fourth-order valence-electron chi connectivity index (χ4n) is 2.80. The van der Waals surface area contributed by atoms with Crippen LogP contribution in [0.2, 0.25) is 10.0 Å². The van der Waals surface area contributed by atoms with Gasteiger partial charge in [-0.15, -0.1) is 0 Å². The van der Waals surface area contributed by atoms with E-state index in [0.29, 0.717) is 42.5 Å². The lowest BCUT2D eigenvalue weighted by Crippen LogP contribution is -2.44. The van der Waals surface area contributed by atoms with E-state index in [1.165, 1.54) is 0 Å². The van der Waals surface area contributed by atoms with Crippen molar-refractivity contribution in [3.05, 3.63) is 33.8 Å². The molecule has 2 amide bonds. The van der Waals surface area contributed by atoms with E-state index >= 15 is 0 Å². The number of likely N-dealkylation sites (tertiary alicyclic amines) is 1. The maximum Gasteiger partial charge on any atom is 0.234 e. The van der Waals surface area contributed by atoms with Crippen LogP contribution in [-0.2, 0) is 9.59 Å². The third-order valence-corrected chi connectivity index (χ3v) is 4.73. The molecule has 5 nitrogen and oxygen atoms in total. The fraction of sp³-hybridized carbons (Fsp3) is 0.500. The van der Waals surface area contributed by atoms with Crippen molar-refractivity contribution >= 4 is 35.0 Å². The van der Waals surface area contributed by atoms with Gasteiger partial charge in [0.1, 0.15) is 0 Å². The molecule has 126 valence electrons. The number of carbonyl (C=O) groups is 2. The summed E-state index contributed by atoms with van der Waals surface area (Å²) < 4.78 is 0. The number of nitrogens with one attached hydrogen (secondary N) is 1. The van der Waals surface area contributed by atoms with Gasteiger partial charge in [0, 0.05) is 16.0 Å². The summed E-state index contributed by atoms with van der Waals surface area (Å²) in [7, 11) is 0. The van der Waals surface area contributed by atoms with Gasteiger partial charge in [-0.2, -0.15) is 0 Å². The van der Waals surface area contributed by atoms with Crippen molar-refractivity contribution in [2.75, 3.05) is 19.6 Å². The number of halogens is 2. The number of hydrogen-bond donors (Lipinski definition) is 2. The number of nitrogens with two attached hydrogens (primary N) is 1. The number of carbonyl (C=O) groups excluding carboxylic acids is 2.